The summed E-state index contributed by atoms with van der Waals surface area (Å²) in [4.78, 5) is 8.64. The van der Waals surface area contributed by atoms with Gasteiger partial charge in [0.25, 0.3) is 0 Å². The molecular formula is C20H22N8O. The molecule has 1 aromatic carbocycles. The first-order valence-corrected chi connectivity index (χ1v) is 9.67. The van der Waals surface area contributed by atoms with Crippen molar-refractivity contribution in [1.29, 1.82) is 0 Å². The fraction of sp³-hybridized carbons (Fsp3) is 0.350. The van der Waals surface area contributed by atoms with Gasteiger partial charge in [0.05, 0.1) is 24.7 Å². The molecule has 0 bridgehead atoms. The largest absolute Gasteiger partial charge is 0.497 e. The van der Waals surface area contributed by atoms with Crippen LogP contribution >= 0.6 is 0 Å². The molecule has 3 aromatic heterocycles. The van der Waals surface area contributed by atoms with Gasteiger partial charge in [0.1, 0.15) is 29.3 Å². The Morgan fingerprint density at radius 2 is 2.14 bits per heavy atom. The average Bonchev–Trinajstić information content (AvgIpc) is 3.27. The molecule has 1 atom stereocenters. The highest BCUT2D eigenvalue weighted by molar-refractivity contribution is 5.98. The Bertz CT molecular complexity index is 1180. The van der Waals surface area contributed by atoms with Crippen LogP contribution in [0.2, 0.25) is 0 Å². The molecule has 2 N–H and O–H groups in total. The Labute approximate surface area is 167 Å². The highest BCUT2D eigenvalue weighted by atomic mass is 16.5. The van der Waals surface area contributed by atoms with Crippen LogP contribution in [-0.4, -0.2) is 41.9 Å². The molecule has 1 aliphatic carbocycles. The molecule has 1 unspecified atom stereocenters. The Morgan fingerprint density at radius 1 is 1.28 bits per heavy atom. The van der Waals surface area contributed by atoms with Gasteiger partial charge in [-0.3, -0.25) is 4.68 Å². The van der Waals surface area contributed by atoms with Crippen molar-refractivity contribution in [2.75, 3.05) is 12.8 Å². The predicted octanol–water partition coefficient (Wildman–Crippen LogP) is 2.69. The fourth-order valence-electron chi connectivity index (χ4n) is 3.52. The number of ether oxygens (including phenoxy) is 1. The predicted molar refractivity (Wildman–Crippen MR) is 108 cm³/mol. The summed E-state index contributed by atoms with van der Waals surface area (Å²) in [5.41, 5.74) is 9.32. The lowest BCUT2D eigenvalue weighted by molar-refractivity contribution is 0.415. The maximum atomic E-state index is 6.22. The number of aromatic nitrogens is 7. The van der Waals surface area contributed by atoms with Gasteiger partial charge >= 0.3 is 0 Å². The lowest BCUT2D eigenvalue weighted by Crippen LogP contribution is -2.10. The molecule has 9 nitrogen and oxygen atoms in total. The number of fused-ring (bicyclic) bond motifs is 1. The van der Waals surface area contributed by atoms with Gasteiger partial charge in [-0.05, 0) is 37.8 Å². The smallest absolute Gasteiger partial charge is 0.164 e. The van der Waals surface area contributed by atoms with E-state index < -0.39 is 0 Å². The Kier molecular flexibility index (Phi) is 4.15. The van der Waals surface area contributed by atoms with Crippen molar-refractivity contribution in [3.8, 4) is 17.0 Å². The first-order valence-electron chi connectivity index (χ1n) is 9.67. The number of nitrogen functional groups attached to an aromatic ring is 1. The van der Waals surface area contributed by atoms with E-state index in [-0.39, 0.29) is 6.04 Å². The fourth-order valence-corrected chi connectivity index (χ4v) is 3.52. The molecule has 29 heavy (non-hydrogen) atoms. The van der Waals surface area contributed by atoms with Crippen LogP contribution < -0.4 is 10.5 Å². The van der Waals surface area contributed by atoms with E-state index in [0.717, 1.165) is 34.9 Å². The molecule has 3 heterocycles. The first kappa shape index (κ1) is 17.6. The van der Waals surface area contributed by atoms with Crippen LogP contribution in [0.15, 0.2) is 36.8 Å². The Morgan fingerprint density at radius 3 is 2.93 bits per heavy atom. The van der Waals surface area contributed by atoms with Crippen molar-refractivity contribution in [3.05, 3.63) is 42.5 Å². The number of nitrogens with zero attached hydrogens (tertiary/aromatic N) is 7. The van der Waals surface area contributed by atoms with E-state index in [2.05, 4.69) is 20.3 Å². The van der Waals surface area contributed by atoms with E-state index in [4.69, 9.17) is 15.6 Å². The Hall–Kier alpha value is -3.49. The monoisotopic (exact) mass is 390 g/mol. The van der Waals surface area contributed by atoms with Crippen molar-refractivity contribution >= 4 is 16.9 Å². The van der Waals surface area contributed by atoms with Crippen LogP contribution in [0.3, 0.4) is 0 Å². The second-order valence-electron chi connectivity index (χ2n) is 7.47. The van der Waals surface area contributed by atoms with E-state index in [1.54, 1.807) is 7.11 Å². The van der Waals surface area contributed by atoms with Crippen LogP contribution in [0.5, 0.6) is 5.75 Å². The van der Waals surface area contributed by atoms with Gasteiger partial charge in [-0.2, -0.15) is 5.10 Å². The van der Waals surface area contributed by atoms with E-state index in [0.29, 0.717) is 17.2 Å². The van der Waals surface area contributed by atoms with Gasteiger partial charge in [-0.1, -0.05) is 17.3 Å². The molecule has 0 spiro atoms. The third-order valence-electron chi connectivity index (χ3n) is 5.35. The van der Waals surface area contributed by atoms with Crippen LogP contribution in [0.1, 0.15) is 31.5 Å². The summed E-state index contributed by atoms with van der Waals surface area (Å²) in [5.74, 6) is 1.87. The SMILES string of the molecule is COc1cccc(-c2nn(C(C)c3cn(CC4CC4)nn3)c3ncnc(N)c23)c1. The first-order chi connectivity index (χ1) is 14.1. The quantitative estimate of drug-likeness (QED) is 0.539. The molecule has 4 aromatic rings. The highest BCUT2D eigenvalue weighted by Crippen LogP contribution is 2.34. The minimum absolute atomic E-state index is 0.154. The maximum absolute atomic E-state index is 6.22. The summed E-state index contributed by atoms with van der Waals surface area (Å²) < 4.78 is 9.12. The highest BCUT2D eigenvalue weighted by Gasteiger charge is 2.25. The topological polar surface area (TPSA) is 110 Å². The van der Waals surface area contributed by atoms with Crippen molar-refractivity contribution in [2.45, 2.75) is 32.4 Å². The third kappa shape index (κ3) is 3.18. The van der Waals surface area contributed by atoms with Gasteiger partial charge in [0, 0.05) is 12.1 Å². The molecule has 0 amide bonds. The van der Waals surface area contributed by atoms with Crippen molar-refractivity contribution in [2.24, 2.45) is 5.92 Å². The zero-order valence-corrected chi connectivity index (χ0v) is 16.4. The van der Waals surface area contributed by atoms with Crippen LogP contribution in [0.25, 0.3) is 22.3 Å². The summed E-state index contributed by atoms with van der Waals surface area (Å²) in [6, 6.07) is 7.56. The summed E-state index contributed by atoms with van der Waals surface area (Å²) in [6.07, 6.45) is 6.00. The molecule has 1 fully saturated rings. The van der Waals surface area contributed by atoms with Gasteiger partial charge in [0.15, 0.2) is 5.65 Å². The molecule has 9 heteroatoms. The molecule has 5 rings (SSSR count). The van der Waals surface area contributed by atoms with Crippen molar-refractivity contribution in [3.63, 3.8) is 0 Å². The number of benzene rings is 1. The number of hydrogen-bond acceptors (Lipinski definition) is 7. The van der Waals surface area contributed by atoms with Gasteiger partial charge in [0.2, 0.25) is 0 Å². The number of anilines is 1. The van der Waals surface area contributed by atoms with E-state index in [1.807, 2.05) is 46.7 Å². The third-order valence-corrected chi connectivity index (χ3v) is 5.35. The van der Waals surface area contributed by atoms with Crippen molar-refractivity contribution in [1.82, 2.24) is 34.7 Å². The number of hydrogen-bond donors (Lipinski definition) is 1. The average molecular weight is 390 g/mol. The van der Waals surface area contributed by atoms with Gasteiger partial charge in [-0.25, -0.2) is 14.6 Å². The minimum Gasteiger partial charge on any atom is -0.497 e. The summed E-state index contributed by atoms with van der Waals surface area (Å²) in [6.45, 7) is 2.95. The Balaban J connectivity index is 1.60. The molecule has 0 aliphatic heterocycles. The minimum atomic E-state index is -0.154. The summed E-state index contributed by atoms with van der Waals surface area (Å²) >= 11 is 0. The summed E-state index contributed by atoms with van der Waals surface area (Å²) in [5, 5.41) is 14.2. The number of rotatable bonds is 6. The lowest BCUT2D eigenvalue weighted by atomic mass is 10.1. The van der Waals surface area contributed by atoms with Gasteiger partial charge in [-0.15, -0.1) is 5.10 Å². The summed E-state index contributed by atoms with van der Waals surface area (Å²) in [7, 11) is 1.64. The van der Waals surface area contributed by atoms with Crippen LogP contribution in [0, 0.1) is 5.92 Å². The zero-order chi connectivity index (χ0) is 20.0. The maximum Gasteiger partial charge on any atom is 0.164 e. The van der Waals surface area contributed by atoms with Gasteiger partial charge < -0.3 is 10.5 Å². The molecule has 0 saturated heterocycles. The number of methoxy groups -OCH3 is 1. The van der Waals surface area contributed by atoms with Crippen LogP contribution in [0.4, 0.5) is 5.82 Å². The molecule has 148 valence electrons. The number of nitrogens with two attached hydrogens (primary N) is 1. The molecule has 0 radical (unpaired) electrons. The van der Waals surface area contributed by atoms with E-state index in [9.17, 15) is 0 Å². The van der Waals surface area contributed by atoms with E-state index >= 15 is 0 Å². The van der Waals surface area contributed by atoms with E-state index in [1.165, 1.54) is 19.2 Å². The normalized spacial score (nSPS) is 15.0. The zero-order valence-electron chi connectivity index (χ0n) is 16.4. The van der Waals surface area contributed by atoms with Crippen molar-refractivity contribution < 1.29 is 4.74 Å². The molecular weight excluding hydrogens is 368 g/mol. The standard InChI is InChI=1S/C20H22N8O/c1-12(16-10-27(26-24-16)9-13-6-7-13)28-20-17(19(21)22-11-23-20)18(25-28)14-4-3-5-15(8-14)29-2/h3-5,8,10-13H,6-7,9H2,1-2H3,(H2,21,22,23). The second kappa shape index (κ2) is 6.84. The lowest BCUT2D eigenvalue weighted by Gasteiger charge is -2.09. The molecule has 1 aliphatic rings. The molecule has 1 saturated carbocycles. The second-order valence-corrected chi connectivity index (χ2v) is 7.47. The van der Waals surface area contributed by atoms with Crippen LogP contribution in [-0.2, 0) is 6.54 Å².